The van der Waals surface area contributed by atoms with Crippen molar-refractivity contribution in [1.29, 1.82) is 0 Å². The monoisotopic (exact) mass is 410 g/mol. The van der Waals surface area contributed by atoms with Gasteiger partial charge in [-0.1, -0.05) is 93.1 Å². The van der Waals surface area contributed by atoms with Gasteiger partial charge in [0.15, 0.2) is 5.78 Å². The molecule has 0 bridgehead atoms. The summed E-state index contributed by atoms with van der Waals surface area (Å²) in [5, 5.41) is 1.26. The highest BCUT2D eigenvalue weighted by molar-refractivity contribution is 7.53. The van der Waals surface area contributed by atoms with Crippen molar-refractivity contribution in [2.24, 2.45) is 5.92 Å². The average molecular weight is 411 g/mol. The molecule has 140 valence electrons. The first-order valence-corrected chi connectivity index (χ1v) is 11.5. The van der Waals surface area contributed by atoms with Gasteiger partial charge in [-0.05, 0) is 18.1 Å². The zero-order chi connectivity index (χ0) is 19.1. The molecular formula is C21H25Cl2O2P. The Morgan fingerprint density at radius 3 is 2.31 bits per heavy atom. The number of benzene rings is 2. The summed E-state index contributed by atoms with van der Waals surface area (Å²) in [5.74, 6) is 0.157. The molecule has 0 fully saturated rings. The Morgan fingerprint density at radius 2 is 1.69 bits per heavy atom. The number of halogens is 2. The molecule has 26 heavy (non-hydrogen) atoms. The van der Waals surface area contributed by atoms with Crippen molar-refractivity contribution in [3.8, 4) is 0 Å². The summed E-state index contributed by atoms with van der Waals surface area (Å²) in [4.78, 5) is 13.0. The fourth-order valence-electron chi connectivity index (χ4n) is 3.09. The molecule has 2 rings (SSSR count). The predicted molar refractivity (Wildman–Crippen MR) is 113 cm³/mol. The first kappa shape index (κ1) is 21.2. The number of hydrogen-bond donors (Lipinski definition) is 0. The van der Waals surface area contributed by atoms with E-state index in [4.69, 9.17) is 23.2 Å². The van der Waals surface area contributed by atoms with Crippen molar-refractivity contribution in [2.45, 2.75) is 39.5 Å². The Morgan fingerprint density at radius 1 is 1.04 bits per heavy atom. The number of ketones is 1. The third-order valence-corrected chi connectivity index (χ3v) is 7.29. The van der Waals surface area contributed by atoms with Crippen molar-refractivity contribution in [2.75, 3.05) is 6.16 Å². The number of unbranched alkanes of at least 4 members (excludes halogenated alkanes) is 1. The first-order chi connectivity index (χ1) is 12.5. The molecule has 0 N–H and O–H groups in total. The van der Waals surface area contributed by atoms with Crippen molar-refractivity contribution in [3.05, 3.63) is 63.6 Å². The van der Waals surface area contributed by atoms with Gasteiger partial charge in [0, 0.05) is 17.0 Å². The molecule has 2 nitrogen and oxygen atoms in total. The largest absolute Gasteiger partial charge is 0.322 e. The molecule has 5 heteroatoms. The summed E-state index contributed by atoms with van der Waals surface area (Å²) in [5.41, 5.74) is 0.716. The van der Waals surface area contributed by atoms with Crippen LogP contribution < -0.4 is 5.30 Å². The van der Waals surface area contributed by atoms with Crippen LogP contribution in [0.15, 0.2) is 42.5 Å². The Balaban J connectivity index is 2.32. The Bertz CT molecular complexity index is 769. The van der Waals surface area contributed by atoms with Gasteiger partial charge in [-0.25, -0.2) is 0 Å². The van der Waals surface area contributed by atoms with Gasteiger partial charge in [0.2, 0.25) is 0 Å². The van der Waals surface area contributed by atoms with E-state index in [1.54, 1.807) is 36.4 Å². The fraction of sp³-hybridized carbons (Fsp3) is 0.381. The minimum Gasteiger partial charge on any atom is -0.322 e. The highest BCUT2D eigenvalue weighted by atomic mass is 35.5. The quantitative estimate of drug-likeness (QED) is 0.343. The second kappa shape index (κ2) is 10.3. The first-order valence-electron chi connectivity index (χ1n) is 9.10. The summed E-state index contributed by atoms with van der Waals surface area (Å²) in [6.45, 7) is 4.30. The zero-order valence-electron chi connectivity index (χ0n) is 15.2. The smallest absolute Gasteiger partial charge is 0.196 e. The van der Waals surface area contributed by atoms with Gasteiger partial charge in [-0.2, -0.15) is 0 Å². The lowest BCUT2D eigenvalue weighted by atomic mass is 10.0. The van der Waals surface area contributed by atoms with Gasteiger partial charge in [0.1, 0.15) is 7.80 Å². The third kappa shape index (κ3) is 5.22. The van der Waals surface area contributed by atoms with Crippen LogP contribution in [0.2, 0.25) is 10.0 Å². The third-order valence-electron chi connectivity index (χ3n) is 4.68. The van der Waals surface area contributed by atoms with Crippen LogP contribution in [0.5, 0.6) is 0 Å². The van der Waals surface area contributed by atoms with Crippen LogP contribution in [0.25, 0.3) is 0 Å². The molecule has 0 saturated heterocycles. The van der Waals surface area contributed by atoms with Gasteiger partial charge in [-0.15, -0.1) is 0 Å². The van der Waals surface area contributed by atoms with Crippen LogP contribution in [0, 0.1) is 5.92 Å². The van der Waals surface area contributed by atoms with Crippen LogP contribution in [0.3, 0.4) is 0 Å². The van der Waals surface area contributed by atoms with E-state index in [1.807, 2.05) is 6.07 Å². The minimum atomic E-state index is -2.07. The Hall–Kier alpha value is -1.08. The molecular weight excluding hydrogens is 386 g/mol. The van der Waals surface area contributed by atoms with E-state index < -0.39 is 7.80 Å². The van der Waals surface area contributed by atoms with Gasteiger partial charge >= 0.3 is 0 Å². The molecule has 0 aliphatic rings. The van der Waals surface area contributed by atoms with Crippen molar-refractivity contribution < 1.29 is 9.36 Å². The van der Waals surface area contributed by atoms with E-state index >= 15 is 0 Å². The highest BCUT2D eigenvalue weighted by Crippen LogP contribution is 2.32. The number of hydrogen-bond acceptors (Lipinski definition) is 2. The van der Waals surface area contributed by atoms with Gasteiger partial charge in [0.25, 0.3) is 0 Å². The van der Waals surface area contributed by atoms with Crippen LogP contribution >= 0.6 is 31.0 Å². The number of rotatable bonds is 9. The Kier molecular flexibility index (Phi) is 8.41. The topological polar surface area (TPSA) is 34.1 Å². The molecule has 2 unspecified atom stereocenters. The van der Waals surface area contributed by atoms with Crippen LogP contribution in [-0.2, 0) is 4.57 Å². The van der Waals surface area contributed by atoms with E-state index in [0.29, 0.717) is 33.0 Å². The predicted octanol–water partition coefficient (Wildman–Crippen LogP) is 6.63. The lowest BCUT2D eigenvalue weighted by Gasteiger charge is -2.16. The van der Waals surface area contributed by atoms with E-state index in [-0.39, 0.29) is 11.3 Å². The normalized spacial score (nSPS) is 13.4. The highest BCUT2D eigenvalue weighted by Gasteiger charge is 2.22. The van der Waals surface area contributed by atoms with Crippen LogP contribution in [0.4, 0.5) is 0 Å². The van der Waals surface area contributed by atoms with E-state index in [9.17, 15) is 9.36 Å². The molecule has 2 aromatic carbocycles. The van der Waals surface area contributed by atoms with E-state index in [0.717, 1.165) is 25.7 Å². The average Bonchev–Trinajstić information content (AvgIpc) is 2.64. The molecule has 0 spiro atoms. The minimum absolute atomic E-state index is 0.267. The molecule has 0 aliphatic heterocycles. The molecule has 0 aromatic heterocycles. The lowest BCUT2D eigenvalue weighted by molar-refractivity contribution is 0.104. The summed E-state index contributed by atoms with van der Waals surface area (Å²) in [7, 11) is -2.07. The maximum Gasteiger partial charge on any atom is 0.196 e. The number of carbonyl (C=O) groups excluding carboxylic acids is 1. The summed E-state index contributed by atoms with van der Waals surface area (Å²) < 4.78 is 13.1. The van der Waals surface area contributed by atoms with Crippen LogP contribution in [-0.4, -0.2) is 11.9 Å². The molecule has 2 aromatic rings. The van der Waals surface area contributed by atoms with Gasteiger partial charge in [0.05, 0.1) is 15.6 Å². The SMILES string of the molecule is CCCCC(CC)C[PH](=O)c1ccccc1C(=O)c1c(Cl)cccc1Cl. The lowest BCUT2D eigenvalue weighted by Crippen LogP contribution is -2.16. The van der Waals surface area contributed by atoms with Crippen molar-refractivity contribution >= 4 is 42.1 Å². The van der Waals surface area contributed by atoms with Crippen molar-refractivity contribution in [1.82, 2.24) is 0 Å². The summed E-state index contributed by atoms with van der Waals surface area (Å²) >= 11 is 12.4. The van der Waals surface area contributed by atoms with Crippen molar-refractivity contribution in [3.63, 3.8) is 0 Å². The standard InChI is InChI=1S/C21H25Cl2O2P/c1-3-5-9-15(4-2)14-26(25)19-13-7-6-10-16(19)21(24)20-17(22)11-8-12-18(20)23/h6-8,10-13,15,26H,3-5,9,14H2,1-2H3. The van der Waals surface area contributed by atoms with Gasteiger partial charge in [-0.3, -0.25) is 4.79 Å². The Labute approximate surface area is 166 Å². The molecule has 0 saturated carbocycles. The molecule has 2 atom stereocenters. The summed E-state index contributed by atoms with van der Waals surface area (Å²) in [6.07, 6.45) is 5.00. The number of carbonyl (C=O) groups is 1. The fourth-order valence-corrected chi connectivity index (χ4v) is 5.67. The molecule has 0 aliphatic carbocycles. The second-order valence-electron chi connectivity index (χ2n) is 6.52. The van der Waals surface area contributed by atoms with Gasteiger partial charge < -0.3 is 4.57 Å². The summed E-state index contributed by atoms with van der Waals surface area (Å²) in [6, 6.07) is 12.1. The molecule has 0 heterocycles. The molecule has 0 radical (unpaired) electrons. The molecule has 0 amide bonds. The van der Waals surface area contributed by atoms with E-state index in [1.165, 1.54) is 0 Å². The second-order valence-corrected chi connectivity index (χ2v) is 9.12. The maximum atomic E-state index is 13.1. The van der Waals surface area contributed by atoms with E-state index in [2.05, 4.69) is 13.8 Å². The maximum absolute atomic E-state index is 13.1. The zero-order valence-corrected chi connectivity index (χ0v) is 17.7. The van der Waals surface area contributed by atoms with Crippen LogP contribution in [0.1, 0.15) is 55.5 Å².